The average Bonchev–Trinajstić information content (AvgIpc) is 2.96. The molecule has 120 valence electrons. The summed E-state index contributed by atoms with van der Waals surface area (Å²) in [5.74, 6) is 0.0968. The zero-order valence-electron chi connectivity index (χ0n) is 13.3. The predicted molar refractivity (Wildman–Crippen MR) is 93.3 cm³/mol. The molecule has 4 heteroatoms. The van der Waals surface area contributed by atoms with E-state index in [2.05, 4.69) is 22.1 Å². The van der Waals surface area contributed by atoms with E-state index in [1.54, 1.807) is 0 Å². The molecule has 0 unspecified atom stereocenters. The van der Waals surface area contributed by atoms with Crippen LogP contribution in [0.5, 0.6) is 0 Å². The highest BCUT2D eigenvalue weighted by Gasteiger charge is 2.17. The predicted octanol–water partition coefficient (Wildman–Crippen LogP) is 3.20. The molecular weight excluding hydrogens is 288 g/mol. The molecule has 2 aromatic heterocycles. The van der Waals surface area contributed by atoms with Gasteiger partial charge in [0, 0.05) is 29.1 Å². The van der Waals surface area contributed by atoms with Gasteiger partial charge in [0.1, 0.15) is 0 Å². The lowest BCUT2D eigenvalue weighted by molar-refractivity contribution is 0.252. The summed E-state index contributed by atoms with van der Waals surface area (Å²) >= 11 is 0. The molecule has 0 bridgehead atoms. The number of allylic oxidation sites excluding steroid dienone is 1. The molecule has 0 saturated heterocycles. The lowest BCUT2D eigenvalue weighted by Crippen LogP contribution is -2.14. The van der Waals surface area contributed by atoms with Gasteiger partial charge in [0.2, 0.25) is 0 Å². The van der Waals surface area contributed by atoms with Gasteiger partial charge in [0.05, 0.1) is 17.8 Å². The van der Waals surface area contributed by atoms with Crippen LogP contribution < -0.4 is 0 Å². The van der Waals surface area contributed by atoms with Gasteiger partial charge < -0.3 is 15.2 Å². The number of H-pyrrole nitrogens is 1. The topological polar surface area (TPSA) is 69.1 Å². The Morgan fingerprint density at radius 2 is 2.04 bits per heavy atom. The highest BCUT2D eigenvalue weighted by atomic mass is 16.3. The van der Waals surface area contributed by atoms with E-state index in [0.717, 1.165) is 22.3 Å². The van der Waals surface area contributed by atoms with Gasteiger partial charge in [-0.05, 0) is 43.4 Å². The van der Waals surface area contributed by atoms with Crippen LogP contribution in [0.25, 0.3) is 21.8 Å². The number of rotatable bonds is 6. The van der Waals surface area contributed by atoms with Crippen LogP contribution in [0.2, 0.25) is 0 Å². The fourth-order valence-corrected chi connectivity index (χ4v) is 3.25. The SMILES string of the molecule is C/C=C(/CO)[C@@H](CCO)Cc1nccc2c1[nH]c1ccccc12. The average molecular weight is 310 g/mol. The maximum absolute atomic E-state index is 9.55. The summed E-state index contributed by atoms with van der Waals surface area (Å²) in [4.78, 5) is 8.02. The Bertz CT molecular complexity index is 836. The van der Waals surface area contributed by atoms with Gasteiger partial charge in [-0.3, -0.25) is 4.98 Å². The number of para-hydroxylation sites is 1. The van der Waals surface area contributed by atoms with E-state index < -0.39 is 0 Å². The highest BCUT2D eigenvalue weighted by Crippen LogP contribution is 2.29. The van der Waals surface area contributed by atoms with Crippen LogP contribution in [0.1, 0.15) is 19.0 Å². The third kappa shape index (κ3) is 3.00. The molecule has 0 spiro atoms. The van der Waals surface area contributed by atoms with Crippen molar-refractivity contribution in [3.63, 3.8) is 0 Å². The zero-order valence-corrected chi connectivity index (χ0v) is 13.3. The van der Waals surface area contributed by atoms with Crippen molar-refractivity contribution in [1.29, 1.82) is 0 Å². The third-order valence-electron chi connectivity index (χ3n) is 4.50. The molecule has 1 atom stereocenters. The number of aliphatic hydroxyl groups is 2. The molecule has 1 aromatic carbocycles. The number of aromatic amines is 1. The molecule has 0 radical (unpaired) electrons. The Labute approximate surface area is 135 Å². The maximum Gasteiger partial charge on any atom is 0.0684 e. The summed E-state index contributed by atoms with van der Waals surface area (Å²) in [6.07, 6.45) is 5.09. The Morgan fingerprint density at radius 3 is 2.78 bits per heavy atom. The molecule has 0 aliphatic heterocycles. The number of nitrogens with zero attached hydrogens (tertiary/aromatic N) is 1. The third-order valence-corrected chi connectivity index (χ3v) is 4.50. The maximum atomic E-state index is 9.55. The quantitative estimate of drug-likeness (QED) is 0.612. The van der Waals surface area contributed by atoms with Gasteiger partial charge in [-0.1, -0.05) is 24.3 Å². The van der Waals surface area contributed by atoms with Crippen molar-refractivity contribution >= 4 is 21.8 Å². The Balaban J connectivity index is 2.05. The first-order chi connectivity index (χ1) is 11.3. The first kappa shape index (κ1) is 15.7. The first-order valence-electron chi connectivity index (χ1n) is 7.99. The minimum absolute atomic E-state index is 0.0177. The standard InChI is InChI=1S/C19H22N2O2/c1-2-13(12-23)14(8-10-22)11-18-19-16(7-9-20-18)15-5-3-4-6-17(15)21-19/h2-7,9,14,21-23H,8,10-12H2,1H3/b13-2-/t14-/m0/s1. The van der Waals surface area contributed by atoms with E-state index in [4.69, 9.17) is 0 Å². The molecule has 2 heterocycles. The van der Waals surface area contributed by atoms with Crippen molar-refractivity contribution in [2.45, 2.75) is 19.8 Å². The van der Waals surface area contributed by atoms with Gasteiger partial charge in [0.25, 0.3) is 0 Å². The fourth-order valence-electron chi connectivity index (χ4n) is 3.25. The van der Waals surface area contributed by atoms with Crippen LogP contribution >= 0.6 is 0 Å². The molecule has 0 saturated carbocycles. The Hall–Kier alpha value is -2.17. The van der Waals surface area contributed by atoms with Crippen LogP contribution in [-0.4, -0.2) is 33.4 Å². The molecule has 0 aliphatic carbocycles. The smallest absolute Gasteiger partial charge is 0.0684 e. The Kier molecular flexibility index (Phi) is 4.74. The number of benzene rings is 1. The van der Waals surface area contributed by atoms with E-state index in [9.17, 15) is 10.2 Å². The molecule has 3 N–H and O–H groups in total. The van der Waals surface area contributed by atoms with Crippen molar-refractivity contribution in [1.82, 2.24) is 9.97 Å². The van der Waals surface area contributed by atoms with Crippen LogP contribution in [0.15, 0.2) is 48.2 Å². The minimum atomic E-state index is 0.0177. The molecule has 4 nitrogen and oxygen atoms in total. The minimum Gasteiger partial charge on any atom is -0.396 e. The van der Waals surface area contributed by atoms with Gasteiger partial charge in [-0.25, -0.2) is 0 Å². The van der Waals surface area contributed by atoms with E-state index >= 15 is 0 Å². The van der Waals surface area contributed by atoms with Crippen LogP contribution in [0.3, 0.4) is 0 Å². The number of fused-ring (bicyclic) bond motifs is 3. The fraction of sp³-hybridized carbons (Fsp3) is 0.316. The molecule has 0 fully saturated rings. The zero-order chi connectivity index (χ0) is 16.2. The van der Waals surface area contributed by atoms with Crippen LogP contribution in [0, 0.1) is 5.92 Å². The van der Waals surface area contributed by atoms with Gasteiger partial charge in [-0.15, -0.1) is 0 Å². The van der Waals surface area contributed by atoms with E-state index in [-0.39, 0.29) is 19.1 Å². The summed E-state index contributed by atoms with van der Waals surface area (Å²) in [6.45, 7) is 2.04. The number of nitrogens with one attached hydrogen (secondary N) is 1. The number of hydrogen-bond acceptors (Lipinski definition) is 3. The molecule has 23 heavy (non-hydrogen) atoms. The number of aliphatic hydroxyl groups excluding tert-OH is 2. The van der Waals surface area contributed by atoms with Crippen molar-refractivity contribution in [3.05, 3.63) is 53.9 Å². The molecular formula is C19H22N2O2. The molecule has 0 amide bonds. The largest absolute Gasteiger partial charge is 0.396 e. The van der Waals surface area contributed by atoms with Gasteiger partial charge >= 0.3 is 0 Å². The monoisotopic (exact) mass is 310 g/mol. The molecule has 3 aromatic rings. The summed E-state index contributed by atoms with van der Waals surface area (Å²) < 4.78 is 0. The second-order valence-corrected chi connectivity index (χ2v) is 5.79. The second-order valence-electron chi connectivity index (χ2n) is 5.79. The first-order valence-corrected chi connectivity index (χ1v) is 7.99. The lowest BCUT2D eigenvalue weighted by atomic mass is 9.90. The molecule has 3 rings (SSSR count). The second kappa shape index (κ2) is 6.94. The van der Waals surface area contributed by atoms with Crippen molar-refractivity contribution in [3.8, 4) is 0 Å². The van der Waals surface area contributed by atoms with Crippen LogP contribution in [0.4, 0.5) is 0 Å². The van der Waals surface area contributed by atoms with Gasteiger partial charge in [-0.2, -0.15) is 0 Å². The number of aromatic nitrogens is 2. The summed E-state index contributed by atoms with van der Waals surface area (Å²) in [6, 6.07) is 10.3. The number of pyridine rings is 1. The van der Waals surface area contributed by atoms with Crippen molar-refractivity contribution in [2.24, 2.45) is 5.92 Å². The Morgan fingerprint density at radius 1 is 1.22 bits per heavy atom. The van der Waals surface area contributed by atoms with E-state index in [1.165, 1.54) is 10.8 Å². The summed E-state index contributed by atoms with van der Waals surface area (Å²) in [5.41, 5.74) is 4.08. The van der Waals surface area contributed by atoms with E-state index in [1.807, 2.05) is 37.4 Å². The van der Waals surface area contributed by atoms with Crippen molar-refractivity contribution in [2.75, 3.05) is 13.2 Å². The summed E-state index contributed by atoms with van der Waals surface area (Å²) in [7, 11) is 0. The van der Waals surface area contributed by atoms with E-state index in [0.29, 0.717) is 12.8 Å². The molecule has 0 aliphatic rings. The highest BCUT2D eigenvalue weighted by molar-refractivity contribution is 6.07. The summed E-state index contributed by atoms with van der Waals surface area (Å²) in [5, 5.41) is 21.3. The van der Waals surface area contributed by atoms with Crippen LogP contribution in [-0.2, 0) is 6.42 Å². The normalized spacial score (nSPS) is 13.8. The van der Waals surface area contributed by atoms with Crippen molar-refractivity contribution < 1.29 is 10.2 Å². The number of hydrogen-bond donors (Lipinski definition) is 3. The lowest BCUT2D eigenvalue weighted by Gasteiger charge is -2.18. The van der Waals surface area contributed by atoms with Gasteiger partial charge in [0.15, 0.2) is 0 Å².